The van der Waals surface area contributed by atoms with E-state index in [9.17, 15) is 14.4 Å². The summed E-state index contributed by atoms with van der Waals surface area (Å²) < 4.78 is 13.3. The molecular weight excluding hydrogens is 262 g/mol. The number of ether oxygens (including phenoxy) is 3. The van der Waals surface area contributed by atoms with Crippen molar-refractivity contribution in [3.8, 4) is 0 Å². The third-order valence-electron chi connectivity index (χ3n) is 2.00. The summed E-state index contributed by atoms with van der Waals surface area (Å²) in [5.41, 5.74) is 0. The number of carbonyl (C=O) groups is 3. The first-order valence-corrected chi connectivity index (χ1v) is 5.22. The Morgan fingerprint density at radius 2 is 1.53 bits per heavy atom. The van der Waals surface area contributed by atoms with Crippen LogP contribution in [0.1, 0.15) is 13.8 Å². The minimum atomic E-state index is -2.42. The number of amides is 1. The molecule has 0 saturated carbocycles. The van der Waals surface area contributed by atoms with Crippen LogP contribution in [0.15, 0.2) is 0 Å². The van der Waals surface area contributed by atoms with Crippen LogP contribution in [0, 0.1) is 0 Å². The van der Waals surface area contributed by atoms with E-state index in [1.54, 1.807) is 0 Å². The predicted molar refractivity (Wildman–Crippen MR) is 59.4 cm³/mol. The van der Waals surface area contributed by atoms with Gasteiger partial charge in [0.05, 0.1) is 21.2 Å². The molecule has 0 aliphatic carbocycles. The largest absolute Gasteiger partial charge is 0.515 e. The van der Waals surface area contributed by atoms with Gasteiger partial charge in [0.25, 0.3) is 0 Å². The van der Waals surface area contributed by atoms with Gasteiger partial charge < -0.3 is 14.2 Å². The fourth-order valence-corrected chi connectivity index (χ4v) is 1.39. The molecule has 0 heterocycles. The summed E-state index contributed by atoms with van der Waals surface area (Å²) >= 11 is 0. The fourth-order valence-electron chi connectivity index (χ4n) is 1.39. The maximum absolute atomic E-state index is 11.5. The zero-order valence-electron chi connectivity index (χ0n) is 11.5. The molecule has 0 unspecified atom stereocenters. The number of rotatable bonds is 5. The molecule has 0 atom stereocenters. The Hall–Kier alpha value is -1.71. The SMILES string of the molecule is COC(=O)[N+](C)(C)CC(OO)(OC(C)=O)OC(C)=O. The molecule has 0 saturated heterocycles. The average molecular weight is 280 g/mol. The highest BCUT2D eigenvalue weighted by Crippen LogP contribution is 2.20. The van der Waals surface area contributed by atoms with E-state index >= 15 is 0 Å². The Balaban J connectivity index is 5.28. The quantitative estimate of drug-likeness (QED) is 0.248. The minimum absolute atomic E-state index is 0.505. The Morgan fingerprint density at radius 1 is 1.11 bits per heavy atom. The Kier molecular flexibility index (Phi) is 5.87. The Morgan fingerprint density at radius 3 is 1.79 bits per heavy atom. The summed E-state index contributed by atoms with van der Waals surface area (Å²) in [6.45, 7) is 1.54. The number of hydrogen-bond donors (Lipinski definition) is 1. The summed E-state index contributed by atoms with van der Waals surface area (Å²) in [6.07, 6.45) is -0.722. The fraction of sp³-hybridized carbons (Fsp3) is 0.700. The van der Waals surface area contributed by atoms with Gasteiger partial charge in [-0.3, -0.25) is 9.59 Å². The van der Waals surface area contributed by atoms with Gasteiger partial charge in [-0.05, 0) is 0 Å². The van der Waals surface area contributed by atoms with E-state index in [0.717, 1.165) is 21.0 Å². The molecule has 0 spiro atoms. The number of methoxy groups -OCH3 is 1. The van der Waals surface area contributed by atoms with Gasteiger partial charge in [0.15, 0.2) is 6.54 Å². The van der Waals surface area contributed by atoms with Crippen molar-refractivity contribution in [2.24, 2.45) is 0 Å². The summed E-state index contributed by atoms with van der Waals surface area (Å²) in [4.78, 5) is 37.5. The van der Waals surface area contributed by atoms with Gasteiger partial charge in [0.2, 0.25) is 0 Å². The van der Waals surface area contributed by atoms with Crippen molar-refractivity contribution >= 4 is 18.0 Å². The van der Waals surface area contributed by atoms with Crippen molar-refractivity contribution in [2.75, 3.05) is 27.7 Å². The van der Waals surface area contributed by atoms with Gasteiger partial charge in [-0.2, -0.15) is 4.79 Å². The number of nitrogens with zero attached hydrogens (tertiary/aromatic N) is 1. The van der Waals surface area contributed by atoms with Crippen molar-refractivity contribution < 1.29 is 43.2 Å². The zero-order chi connectivity index (χ0) is 15.3. The maximum atomic E-state index is 11.5. The first kappa shape index (κ1) is 17.3. The topological polar surface area (TPSA) is 108 Å². The molecule has 1 N–H and O–H groups in total. The van der Waals surface area contributed by atoms with Crippen molar-refractivity contribution in [2.45, 2.75) is 19.8 Å². The molecule has 1 amide bonds. The van der Waals surface area contributed by atoms with Crippen LogP contribution in [0.4, 0.5) is 4.79 Å². The molecule has 0 aromatic rings. The van der Waals surface area contributed by atoms with Crippen LogP contribution in [-0.4, -0.2) is 61.5 Å². The second kappa shape index (κ2) is 6.45. The molecule has 0 aliphatic heterocycles. The number of carbonyl (C=O) groups excluding carboxylic acids is 3. The van der Waals surface area contributed by atoms with E-state index in [4.69, 9.17) is 5.26 Å². The van der Waals surface area contributed by atoms with E-state index in [-0.39, 0.29) is 0 Å². The second-order valence-corrected chi connectivity index (χ2v) is 4.27. The number of quaternary nitrogens is 1. The minimum Gasteiger partial charge on any atom is -0.423 e. The van der Waals surface area contributed by atoms with Crippen LogP contribution >= 0.6 is 0 Å². The highest BCUT2D eigenvalue weighted by Gasteiger charge is 2.50. The highest BCUT2D eigenvalue weighted by molar-refractivity contribution is 5.68. The van der Waals surface area contributed by atoms with E-state index in [2.05, 4.69) is 19.1 Å². The van der Waals surface area contributed by atoms with E-state index < -0.39 is 35.0 Å². The summed E-state index contributed by atoms with van der Waals surface area (Å²) in [6, 6.07) is 0. The molecule has 19 heavy (non-hydrogen) atoms. The standard InChI is InChI=1S/C10H17NO8/c1-7(12)17-10(19-15,18-8(2)13)6-11(3,4)9(14)16-5/h6H2,1-5H3/p+1. The first-order valence-electron chi connectivity index (χ1n) is 5.22. The van der Waals surface area contributed by atoms with E-state index in [1.165, 1.54) is 14.1 Å². The average Bonchev–Trinajstić information content (AvgIpc) is 2.25. The van der Waals surface area contributed by atoms with Crippen molar-refractivity contribution in [1.29, 1.82) is 0 Å². The van der Waals surface area contributed by atoms with E-state index in [1.807, 2.05) is 0 Å². The molecule has 0 fully saturated rings. The highest BCUT2D eigenvalue weighted by atomic mass is 17.2. The molecule has 0 rings (SSSR count). The van der Waals surface area contributed by atoms with Crippen LogP contribution in [0.25, 0.3) is 0 Å². The van der Waals surface area contributed by atoms with Gasteiger partial charge in [0.1, 0.15) is 0 Å². The smallest absolute Gasteiger partial charge is 0.423 e. The first-order chi connectivity index (χ1) is 8.58. The Bertz CT molecular complexity index is 349. The molecule has 9 nitrogen and oxygen atoms in total. The summed E-state index contributed by atoms with van der Waals surface area (Å²) in [7, 11) is 3.92. The molecule has 0 aromatic carbocycles. The number of hydrogen-bond acceptors (Lipinski definition) is 8. The second-order valence-electron chi connectivity index (χ2n) is 4.27. The third-order valence-corrected chi connectivity index (χ3v) is 2.00. The maximum Gasteiger partial charge on any atom is 0.515 e. The summed E-state index contributed by atoms with van der Waals surface area (Å²) in [5, 5.41) is 8.88. The lowest BCUT2D eigenvalue weighted by Gasteiger charge is -2.33. The molecular formula is C10H18NO8+. The number of likely N-dealkylation sites (N-methyl/N-ethyl adjacent to an activating group) is 1. The van der Waals surface area contributed by atoms with Gasteiger partial charge in [-0.25, -0.2) is 9.74 Å². The lowest BCUT2D eigenvalue weighted by atomic mass is 10.4. The molecule has 9 heteroatoms. The molecule has 110 valence electrons. The van der Waals surface area contributed by atoms with E-state index in [0.29, 0.717) is 0 Å². The van der Waals surface area contributed by atoms with Gasteiger partial charge >= 0.3 is 24.0 Å². The zero-order valence-corrected chi connectivity index (χ0v) is 11.5. The lowest BCUT2D eigenvalue weighted by Crippen LogP contribution is -2.59. The number of esters is 2. The Labute approximate surface area is 110 Å². The van der Waals surface area contributed by atoms with Crippen LogP contribution < -0.4 is 0 Å². The van der Waals surface area contributed by atoms with Crippen LogP contribution in [-0.2, 0) is 28.7 Å². The van der Waals surface area contributed by atoms with Gasteiger partial charge in [0, 0.05) is 13.8 Å². The summed E-state index contributed by atoms with van der Waals surface area (Å²) in [5.74, 6) is -4.17. The van der Waals surface area contributed by atoms with Gasteiger partial charge in [-0.1, -0.05) is 0 Å². The molecule has 0 aromatic heterocycles. The third kappa shape index (κ3) is 5.20. The van der Waals surface area contributed by atoms with Crippen LogP contribution in [0.5, 0.6) is 0 Å². The monoisotopic (exact) mass is 280 g/mol. The molecule has 0 radical (unpaired) electrons. The van der Waals surface area contributed by atoms with Crippen LogP contribution in [0.3, 0.4) is 0 Å². The normalized spacial score (nSPS) is 11.7. The predicted octanol–water partition coefficient (Wildman–Crippen LogP) is 0.0988. The lowest BCUT2D eigenvalue weighted by molar-refractivity contribution is -0.838. The molecule has 0 bridgehead atoms. The van der Waals surface area contributed by atoms with Gasteiger partial charge in [-0.15, -0.1) is 4.89 Å². The van der Waals surface area contributed by atoms with Crippen molar-refractivity contribution in [1.82, 2.24) is 0 Å². The van der Waals surface area contributed by atoms with Crippen LogP contribution in [0.2, 0.25) is 0 Å². The van der Waals surface area contributed by atoms with Crippen molar-refractivity contribution in [3.05, 3.63) is 0 Å². The van der Waals surface area contributed by atoms with Crippen molar-refractivity contribution in [3.63, 3.8) is 0 Å². The molecule has 0 aliphatic rings.